The zero-order valence-corrected chi connectivity index (χ0v) is 28.0. The minimum Gasteiger partial charge on any atom is -0.459 e. The molecule has 1 unspecified atom stereocenters. The summed E-state index contributed by atoms with van der Waals surface area (Å²) in [7, 11) is -4.17. The van der Waals surface area contributed by atoms with Crippen LogP contribution in [0.2, 0.25) is 0 Å². The van der Waals surface area contributed by atoms with Gasteiger partial charge in [-0.25, -0.2) is 14.5 Å². The van der Waals surface area contributed by atoms with E-state index >= 15 is 0 Å². The van der Waals surface area contributed by atoms with Crippen LogP contribution in [0.25, 0.3) is 32.7 Å². The van der Waals surface area contributed by atoms with Gasteiger partial charge in [-0.3, -0.25) is 9.32 Å². The highest BCUT2D eigenvalue weighted by Gasteiger charge is 2.35. The molecule has 3 N–H and O–H groups in total. The summed E-state index contributed by atoms with van der Waals surface area (Å²) < 4.78 is 40.2. The maximum atomic E-state index is 14.5. The van der Waals surface area contributed by atoms with Gasteiger partial charge in [-0.1, -0.05) is 55.5 Å². The molecule has 11 nitrogen and oxygen atoms in total. The van der Waals surface area contributed by atoms with Gasteiger partial charge in [-0.05, 0) is 70.0 Å². The second kappa shape index (κ2) is 13.8. The molecule has 5 aromatic rings. The highest BCUT2D eigenvalue weighted by molar-refractivity contribution is 7.52. The number of hydrogen-bond acceptors (Lipinski definition) is 9. The average Bonchev–Trinajstić information content (AvgIpc) is 3.39. The number of nitrogens with zero attached hydrogens (tertiary/aromatic N) is 3. The third-order valence-corrected chi connectivity index (χ3v) is 9.04. The largest absolute Gasteiger partial charge is 0.459 e. The second-order valence-corrected chi connectivity index (χ2v) is 13.8. The number of pyridine rings is 1. The number of para-hydroxylation sites is 1. The zero-order valence-electron chi connectivity index (χ0n) is 27.1. The number of nitrogens with two attached hydrogens (primary N) is 1. The minimum absolute atomic E-state index is 0.0451. The molecule has 0 saturated heterocycles. The molecule has 0 fully saturated rings. The Kier molecular flexibility index (Phi) is 9.98. The number of aromatic nitrogens is 3. The first-order valence-electron chi connectivity index (χ1n) is 15.5. The van der Waals surface area contributed by atoms with Gasteiger partial charge in [0.05, 0.1) is 23.7 Å². The summed E-state index contributed by atoms with van der Waals surface area (Å²) in [4.78, 5) is 22.3. The Labute approximate surface area is 269 Å². The number of carbonyl (C=O) groups excluding carboxylic acids is 1. The van der Waals surface area contributed by atoms with Gasteiger partial charge < -0.3 is 24.3 Å². The lowest BCUT2D eigenvalue weighted by Gasteiger charge is -2.28. The molecule has 46 heavy (non-hydrogen) atoms. The Morgan fingerprint density at radius 2 is 1.74 bits per heavy atom. The van der Waals surface area contributed by atoms with Crippen LogP contribution in [0.1, 0.15) is 59.8 Å². The summed E-state index contributed by atoms with van der Waals surface area (Å²) in [5, 5.41) is 5.59. The fourth-order valence-electron chi connectivity index (χ4n) is 5.25. The first-order valence-corrected chi connectivity index (χ1v) is 17.0. The van der Waals surface area contributed by atoms with Crippen molar-refractivity contribution in [2.45, 2.75) is 72.3 Å². The van der Waals surface area contributed by atoms with Crippen molar-refractivity contribution in [3.05, 3.63) is 72.6 Å². The van der Waals surface area contributed by atoms with E-state index < -0.39 is 25.4 Å². The molecule has 0 saturated carbocycles. The Morgan fingerprint density at radius 3 is 2.46 bits per heavy atom. The van der Waals surface area contributed by atoms with Crippen molar-refractivity contribution in [1.82, 2.24) is 19.6 Å². The van der Waals surface area contributed by atoms with Crippen molar-refractivity contribution in [2.75, 3.05) is 18.9 Å². The normalized spacial score (nSPS) is 14.7. The van der Waals surface area contributed by atoms with Gasteiger partial charge in [0.1, 0.15) is 35.3 Å². The van der Waals surface area contributed by atoms with Crippen LogP contribution in [0.3, 0.4) is 0 Å². The predicted molar refractivity (Wildman–Crippen MR) is 181 cm³/mol. The molecule has 0 aliphatic heterocycles. The maximum Gasteiger partial charge on any atom is 0.459 e. The highest BCUT2D eigenvalue weighted by atomic mass is 31.2. The van der Waals surface area contributed by atoms with E-state index in [1.165, 1.54) is 0 Å². The Bertz CT molecular complexity index is 1900. The van der Waals surface area contributed by atoms with E-state index in [0.717, 1.165) is 27.2 Å². The SMILES string of the molecule is CCOCc1nc2c(N)nc3ccccc3c2n1[C@H](CC)COP(=O)(N[C@@H](C)C(=O)OC(C)(C)C)Oc1ccc2ccccc2c1. The number of ether oxygens (including phenoxy) is 2. The Hall–Kier alpha value is -4.02. The van der Waals surface area contributed by atoms with Crippen LogP contribution in [0.5, 0.6) is 5.75 Å². The van der Waals surface area contributed by atoms with E-state index in [9.17, 15) is 9.36 Å². The molecule has 0 aliphatic carbocycles. The molecule has 5 rings (SSSR count). The number of rotatable bonds is 13. The summed E-state index contributed by atoms with van der Waals surface area (Å²) >= 11 is 0. The summed E-state index contributed by atoms with van der Waals surface area (Å²) in [5.74, 6) is 0.685. The van der Waals surface area contributed by atoms with Crippen molar-refractivity contribution in [2.24, 2.45) is 0 Å². The molecule has 0 radical (unpaired) electrons. The number of esters is 1. The number of fused-ring (bicyclic) bond motifs is 4. The molecule has 0 spiro atoms. The van der Waals surface area contributed by atoms with Crippen LogP contribution < -0.4 is 15.3 Å². The summed E-state index contributed by atoms with van der Waals surface area (Å²) in [6.45, 7) is 11.5. The second-order valence-electron chi connectivity index (χ2n) is 12.1. The van der Waals surface area contributed by atoms with E-state index in [-0.39, 0.29) is 19.3 Å². The number of imidazole rings is 1. The standard InChI is InChI=1S/C34H42N5O6P/c1-7-25(39-29(21-42-8-2)37-30-31(39)27-15-11-12-16-28(27)36-32(30)35)20-43-46(41,38-22(3)33(40)44-34(4,5)6)45-26-18-17-23-13-9-10-14-24(23)19-26/h9-19,22,25H,7-8,20-21H2,1-6H3,(H2,35,36)(H,38,41)/t22-,25+,46?/m0/s1. The van der Waals surface area contributed by atoms with E-state index in [1.807, 2.05) is 73.0 Å². The Balaban J connectivity index is 1.52. The lowest BCUT2D eigenvalue weighted by Crippen LogP contribution is -2.39. The minimum atomic E-state index is -4.17. The number of nitrogen functional groups attached to an aromatic ring is 1. The van der Waals surface area contributed by atoms with E-state index in [1.54, 1.807) is 39.8 Å². The summed E-state index contributed by atoms with van der Waals surface area (Å²) in [6, 6.07) is 19.5. The fraction of sp³-hybridized carbons (Fsp3) is 0.382. The van der Waals surface area contributed by atoms with Crippen molar-refractivity contribution in [1.29, 1.82) is 0 Å². The molecule has 12 heteroatoms. The molecule has 3 aromatic carbocycles. The topological polar surface area (TPSA) is 140 Å². The third kappa shape index (κ3) is 7.50. The molecule has 2 aromatic heterocycles. The van der Waals surface area contributed by atoms with Crippen molar-refractivity contribution in [3.63, 3.8) is 0 Å². The molecular weight excluding hydrogens is 605 g/mol. The smallest absolute Gasteiger partial charge is 0.459 e. The molecule has 0 amide bonds. The average molecular weight is 648 g/mol. The van der Waals surface area contributed by atoms with Gasteiger partial charge in [0.2, 0.25) is 0 Å². The Morgan fingerprint density at radius 1 is 1.02 bits per heavy atom. The molecule has 0 aliphatic rings. The van der Waals surface area contributed by atoms with Crippen LogP contribution in [0, 0.1) is 0 Å². The molecule has 3 atom stereocenters. The zero-order chi connectivity index (χ0) is 33.1. The maximum absolute atomic E-state index is 14.5. The van der Waals surface area contributed by atoms with Crippen molar-refractivity contribution in [3.8, 4) is 5.75 Å². The predicted octanol–water partition coefficient (Wildman–Crippen LogP) is 7.33. The number of carbonyl (C=O) groups is 1. The van der Waals surface area contributed by atoms with Gasteiger partial charge in [0, 0.05) is 12.0 Å². The van der Waals surface area contributed by atoms with E-state index in [2.05, 4.69) is 10.1 Å². The van der Waals surface area contributed by atoms with Crippen LogP contribution in [0.4, 0.5) is 5.82 Å². The summed E-state index contributed by atoms with van der Waals surface area (Å²) in [5.41, 5.74) is 7.73. The molecule has 0 bridgehead atoms. The van der Waals surface area contributed by atoms with Crippen LogP contribution in [0.15, 0.2) is 66.7 Å². The van der Waals surface area contributed by atoms with Crippen LogP contribution in [-0.2, 0) is 30.0 Å². The highest BCUT2D eigenvalue weighted by Crippen LogP contribution is 2.47. The first kappa shape index (κ1) is 33.3. The lowest BCUT2D eigenvalue weighted by molar-refractivity contribution is -0.156. The first-order chi connectivity index (χ1) is 21.9. The number of hydrogen-bond donors (Lipinski definition) is 2. The molecule has 244 valence electrons. The van der Waals surface area contributed by atoms with Gasteiger partial charge in [-0.15, -0.1) is 0 Å². The molecular formula is C34H42N5O6P. The fourth-order valence-corrected chi connectivity index (χ4v) is 6.77. The van der Waals surface area contributed by atoms with Crippen molar-refractivity contribution < 1.29 is 27.9 Å². The van der Waals surface area contributed by atoms with E-state index in [0.29, 0.717) is 35.9 Å². The van der Waals surface area contributed by atoms with E-state index in [4.69, 9.17) is 29.2 Å². The lowest BCUT2D eigenvalue weighted by atomic mass is 10.1. The quantitative estimate of drug-likeness (QED) is 0.0986. The number of anilines is 1. The van der Waals surface area contributed by atoms with Gasteiger partial charge >= 0.3 is 13.7 Å². The monoisotopic (exact) mass is 647 g/mol. The van der Waals surface area contributed by atoms with Gasteiger partial charge in [0.15, 0.2) is 5.82 Å². The van der Waals surface area contributed by atoms with Crippen LogP contribution in [-0.4, -0.2) is 45.4 Å². The number of nitrogens with one attached hydrogen (secondary N) is 1. The van der Waals surface area contributed by atoms with Crippen LogP contribution >= 0.6 is 7.75 Å². The third-order valence-electron chi connectivity index (χ3n) is 7.39. The molecule has 2 heterocycles. The number of benzene rings is 3. The van der Waals surface area contributed by atoms with Gasteiger partial charge in [-0.2, -0.15) is 5.09 Å². The summed E-state index contributed by atoms with van der Waals surface area (Å²) in [6.07, 6.45) is 0.582. The van der Waals surface area contributed by atoms with Crippen molar-refractivity contribution >= 4 is 52.2 Å². The van der Waals surface area contributed by atoms with Gasteiger partial charge in [0.25, 0.3) is 0 Å².